The fourth-order valence-electron chi connectivity index (χ4n) is 3.44. The van der Waals surface area contributed by atoms with Gasteiger partial charge in [-0.15, -0.1) is 11.8 Å². The van der Waals surface area contributed by atoms with E-state index in [9.17, 15) is 29.4 Å². The number of aliphatic carboxylic acids is 1. The number of carboxylic acids is 1. The summed E-state index contributed by atoms with van der Waals surface area (Å²) in [7, 11) is 1.40. The summed E-state index contributed by atoms with van der Waals surface area (Å²) in [4.78, 5) is 50.5. The minimum atomic E-state index is -1.23. The highest BCUT2D eigenvalue weighted by molar-refractivity contribution is 8.00. The molecular formula is C16H20N2O8S. The number of β-lactam (4-membered cyclic amide) rings is 1. The van der Waals surface area contributed by atoms with Crippen LogP contribution < -0.4 is 0 Å². The number of aliphatic hydroxyl groups excluding tert-OH is 1. The number of aliphatic hydroxyl groups is 1. The van der Waals surface area contributed by atoms with E-state index in [1.165, 1.54) is 30.7 Å². The molecule has 0 aromatic heterocycles. The summed E-state index contributed by atoms with van der Waals surface area (Å²) in [5, 5.41) is 18.8. The molecule has 4 atom stereocenters. The Morgan fingerprint density at radius 2 is 2.04 bits per heavy atom. The van der Waals surface area contributed by atoms with Crippen molar-refractivity contribution in [3.8, 4) is 0 Å². The number of carbonyl (C=O) groups is 4. The second-order valence-electron chi connectivity index (χ2n) is 6.50. The maximum absolute atomic E-state index is 13.2. The molecule has 3 aliphatic rings. The molecule has 2 N–H and O–H groups in total. The molecule has 2 fully saturated rings. The highest BCUT2D eigenvalue weighted by Gasteiger charge is 2.55. The van der Waals surface area contributed by atoms with Crippen LogP contribution in [0.2, 0.25) is 0 Å². The van der Waals surface area contributed by atoms with Crippen LogP contribution in [0.3, 0.4) is 0 Å². The van der Waals surface area contributed by atoms with Gasteiger partial charge in [-0.05, 0) is 0 Å². The number of carbonyl (C=O) groups excluding carboxylic acids is 3. The first-order valence-corrected chi connectivity index (χ1v) is 9.35. The monoisotopic (exact) mass is 400 g/mol. The molecule has 2 amide bonds. The number of rotatable bonds is 5. The molecule has 0 aliphatic carbocycles. The smallest absolute Gasteiger partial charge is 0.326 e. The van der Waals surface area contributed by atoms with E-state index in [1.807, 2.05) is 0 Å². The summed E-state index contributed by atoms with van der Waals surface area (Å²) in [6.45, 7) is 0.910. The standard InChI is InChI=1S/C16H20N2O8S/c1-7(19)26-5-8-6-27-15-12(25-2)14(22)18(15)11(8)13(21)17-4-9(20)3-10(17)16(23)24/h9-10,12,15,20H,3-6H2,1-2H3,(H,23,24)/t9-,10+,12+,15-/m1/s1. The van der Waals surface area contributed by atoms with E-state index in [0.717, 1.165) is 4.90 Å². The molecule has 0 aromatic carbocycles. The minimum Gasteiger partial charge on any atom is -0.480 e. The first-order chi connectivity index (χ1) is 12.8. The van der Waals surface area contributed by atoms with Gasteiger partial charge in [-0.1, -0.05) is 0 Å². The van der Waals surface area contributed by atoms with Gasteiger partial charge in [-0.2, -0.15) is 0 Å². The number of amides is 2. The summed E-state index contributed by atoms with van der Waals surface area (Å²) < 4.78 is 10.2. The number of thioether (sulfide) groups is 1. The molecular weight excluding hydrogens is 380 g/mol. The van der Waals surface area contributed by atoms with E-state index in [1.54, 1.807) is 0 Å². The van der Waals surface area contributed by atoms with Crippen LogP contribution in [0.25, 0.3) is 0 Å². The van der Waals surface area contributed by atoms with Gasteiger partial charge < -0.3 is 24.6 Å². The van der Waals surface area contributed by atoms with Crippen molar-refractivity contribution >= 4 is 35.5 Å². The molecule has 0 aromatic rings. The number of esters is 1. The van der Waals surface area contributed by atoms with Gasteiger partial charge in [-0.3, -0.25) is 19.3 Å². The Bertz CT molecular complexity index is 723. The Balaban J connectivity index is 1.95. The number of carboxylic acid groups (broad SMARTS) is 1. The zero-order valence-electron chi connectivity index (χ0n) is 14.8. The predicted octanol–water partition coefficient (Wildman–Crippen LogP) is -1.22. The van der Waals surface area contributed by atoms with Gasteiger partial charge in [0.2, 0.25) is 0 Å². The number of fused-ring (bicyclic) bond motifs is 1. The van der Waals surface area contributed by atoms with Gasteiger partial charge in [0.25, 0.3) is 11.8 Å². The molecule has 27 heavy (non-hydrogen) atoms. The van der Waals surface area contributed by atoms with Crippen molar-refractivity contribution in [3.05, 3.63) is 11.3 Å². The third-order valence-electron chi connectivity index (χ3n) is 4.73. The van der Waals surface area contributed by atoms with Gasteiger partial charge in [0.1, 0.15) is 23.7 Å². The summed E-state index contributed by atoms with van der Waals surface area (Å²) in [6, 6.07) is -1.18. The zero-order chi connectivity index (χ0) is 19.9. The van der Waals surface area contributed by atoms with E-state index < -0.39 is 47.4 Å². The molecule has 0 spiro atoms. The van der Waals surface area contributed by atoms with Crippen LogP contribution in [-0.4, -0.2) is 93.4 Å². The molecule has 0 radical (unpaired) electrons. The summed E-state index contributed by atoms with van der Waals surface area (Å²) in [5.74, 6) is -2.52. The molecule has 11 heteroatoms. The molecule has 2 saturated heterocycles. The number of hydrogen-bond acceptors (Lipinski definition) is 8. The van der Waals surface area contributed by atoms with Crippen molar-refractivity contribution in [2.24, 2.45) is 0 Å². The van der Waals surface area contributed by atoms with Crippen molar-refractivity contribution in [1.82, 2.24) is 9.80 Å². The third kappa shape index (κ3) is 3.42. The molecule has 0 saturated carbocycles. The van der Waals surface area contributed by atoms with E-state index >= 15 is 0 Å². The highest BCUT2D eigenvalue weighted by Crippen LogP contribution is 2.42. The molecule has 0 bridgehead atoms. The number of ether oxygens (including phenoxy) is 2. The Morgan fingerprint density at radius 1 is 1.33 bits per heavy atom. The zero-order valence-corrected chi connectivity index (χ0v) is 15.6. The lowest BCUT2D eigenvalue weighted by atomic mass is 10.0. The van der Waals surface area contributed by atoms with Crippen LogP contribution in [0.4, 0.5) is 0 Å². The first-order valence-electron chi connectivity index (χ1n) is 8.31. The van der Waals surface area contributed by atoms with Gasteiger partial charge in [-0.25, -0.2) is 4.79 Å². The Labute approximate surface area is 159 Å². The quantitative estimate of drug-likeness (QED) is 0.430. The topological polar surface area (TPSA) is 134 Å². The lowest BCUT2D eigenvalue weighted by Crippen LogP contribution is -2.66. The van der Waals surface area contributed by atoms with Crippen LogP contribution in [0.5, 0.6) is 0 Å². The molecule has 3 heterocycles. The predicted molar refractivity (Wildman–Crippen MR) is 91.3 cm³/mol. The summed E-state index contributed by atoms with van der Waals surface area (Å²) in [6.07, 6.45) is -1.73. The number of hydrogen-bond donors (Lipinski definition) is 2. The molecule has 0 unspecified atom stereocenters. The van der Waals surface area contributed by atoms with E-state index in [0.29, 0.717) is 11.3 Å². The SMILES string of the molecule is CO[C@H]1C(=O)N2C(C(=O)N3C[C@H](O)C[C@H]3C(=O)O)=C(COC(C)=O)CS[C@H]12. The van der Waals surface area contributed by atoms with Gasteiger partial charge in [0, 0.05) is 38.3 Å². The van der Waals surface area contributed by atoms with Crippen LogP contribution in [0.1, 0.15) is 13.3 Å². The maximum atomic E-state index is 13.2. The van der Waals surface area contributed by atoms with Crippen molar-refractivity contribution in [2.45, 2.75) is 37.0 Å². The van der Waals surface area contributed by atoms with Crippen LogP contribution >= 0.6 is 11.8 Å². The van der Waals surface area contributed by atoms with E-state index in [4.69, 9.17) is 9.47 Å². The summed E-state index contributed by atoms with van der Waals surface area (Å²) >= 11 is 1.37. The van der Waals surface area contributed by atoms with Crippen molar-refractivity contribution in [3.63, 3.8) is 0 Å². The fraction of sp³-hybridized carbons (Fsp3) is 0.625. The van der Waals surface area contributed by atoms with Crippen LogP contribution in [-0.2, 0) is 28.7 Å². The number of likely N-dealkylation sites (tertiary alicyclic amines) is 1. The first kappa shape index (κ1) is 19.6. The summed E-state index contributed by atoms with van der Waals surface area (Å²) in [5.41, 5.74) is 0.434. The lowest BCUT2D eigenvalue weighted by molar-refractivity contribution is -0.161. The van der Waals surface area contributed by atoms with Crippen molar-refractivity contribution < 1.29 is 38.9 Å². The van der Waals surface area contributed by atoms with E-state index in [-0.39, 0.29) is 25.3 Å². The number of β-amino-alcohol motifs (C(OH)–C–C–N with tert-alkyl or cyclic N) is 1. The Kier molecular flexibility index (Phi) is 5.45. The van der Waals surface area contributed by atoms with Crippen LogP contribution in [0, 0.1) is 0 Å². The third-order valence-corrected chi connectivity index (χ3v) is 6.04. The largest absolute Gasteiger partial charge is 0.480 e. The maximum Gasteiger partial charge on any atom is 0.326 e. The van der Waals surface area contributed by atoms with Gasteiger partial charge in [0.15, 0.2) is 6.10 Å². The minimum absolute atomic E-state index is 0.0126. The van der Waals surface area contributed by atoms with Crippen molar-refractivity contribution in [1.29, 1.82) is 0 Å². The average molecular weight is 400 g/mol. The Morgan fingerprint density at radius 3 is 2.63 bits per heavy atom. The molecule has 3 aliphatic heterocycles. The number of methoxy groups -OCH3 is 1. The van der Waals surface area contributed by atoms with Crippen LogP contribution in [0.15, 0.2) is 11.3 Å². The molecule has 3 rings (SSSR count). The second kappa shape index (κ2) is 7.49. The normalized spacial score (nSPS) is 30.1. The van der Waals surface area contributed by atoms with E-state index in [2.05, 4.69) is 0 Å². The highest BCUT2D eigenvalue weighted by atomic mass is 32.2. The molecule has 148 valence electrons. The fourth-order valence-corrected chi connectivity index (χ4v) is 4.79. The van der Waals surface area contributed by atoms with Gasteiger partial charge in [0.05, 0.1) is 6.10 Å². The molecule has 10 nitrogen and oxygen atoms in total. The van der Waals surface area contributed by atoms with Crippen molar-refractivity contribution in [2.75, 3.05) is 26.0 Å². The van der Waals surface area contributed by atoms with Gasteiger partial charge >= 0.3 is 11.9 Å². The average Bonchev–Trinajstić information content (AvgIpc) is 3.01. The lowest BCUT2D eigenvalue weighted by Gasteiger charge is -2.49. The second-order valence-corrected chi connectivity index (χ2v) is 7.60. The Hall–Kier alpha value is -2.11. The number of nitrogens with zero attached hydrogens (tertiary/aromatic N) is 2.